The molecule has 4 rings (SSSR count). The van der Waals surface area contributed by atoms with E-state index in [1.165, 1.54) is 0 Å². The predicted molar refractivity (Wildman–Crippen MR) is 89.8 cm³/mol. The molecule has 1 aliphatic heterocycles. The number of aromatic nitrogens is 4. The van der Waals surface area contributed by atoms with Crippen molar-refractivity contribution in [3.05, 3.63) is 29.7 Å². The number of thiazole rings is 1. The number of nitrogens with one attached hydrogen (secondary N) is 1. The number of anilines is 2. The molecule has 0 unspecified atom stereocenters. The van der Waals surface area contributed by atoms with Gasteiger partial charge >= 0.3 is 0 Å². The third-order valence-electron chi connectivity index (χ3n) is 4.11. The molecule has 0 spiro atoms. The van der Waals surface area contributed by atoms with Crippen LogP contribution in [0.2, 0.25) is 0 Å². The summed E-state index contributed by atoms with van der Waals surface area (Å²) in [4.78, 5) is 21.3. The van der Waals surface area contributed by atoms with Crippen molar-refractivity contribution in [3.63, 3.8) is 0 Å². The summed E-state index contributed by atoms with van der Waals surface area (Å²) in [5.41, 5.74) is 2.00. The van der Waals surface area contributed by atoms with Crippen LogP contribution < -0.4 is 9.80 Å². The fourth-order valence-corrected chi connectivity index (χ4v) is 3.95. The summed E-state index contributed by atoms with van der Waals surface area (Å²) in [7, 11) is 0. The lowest BCUT2D eigenvalue weighted by Crippen LogP contribution is -2.52. The Labute approximate surface area is 132 Å². The van der Waals surface area contributed by atoms with Gasteiger partial charge in [-0.25, -0.2) is 15.0 Å². The Hall–Kier alpha value is -2.15. The average molecular weight is 314 g/mol. The molecule has 0 aromatic carbocycles. The zero-order valence-electron chi connectivity index (χ0n) is 12.7. The molecule has 1 aliphatic rings. The van der Waals surface area contributed by atoms with E-state index in [4.69, 9.17) is 0 Å². The number of nitrogens with zero attached hydrogens (tertiary/aromatic N) is 5. The molecule has 22 heavy (non-hydrogen) atoms. The van der Waals surface area contributed by atoms with Gasteiger partial charge < -0.3 is 14.8 Å². The van der Waals surface area contributed by atoms with Crippen molar-refractivity contribution >= 4 is 33.3 Å². The minimum absolute atomic E-state index is 0.406. The second-order valence-electron chi connectivity index (χ2n) is 5.70. The first-order valence-corrected chi connectivity index (χ1v) is 8.32. The van der Waals surface area contributed by atoms with Gasteiger partial charge in [-0.15, -0.1) is 11.3 Å². The summed E-state index contributed by atoms with van der Waals surface area (Å²) in [5, 5.41) is 4.33. The summed E-state index contributed by atoms with van der Waals surface area (Å²) in [6, 6.07) is 2.45. The molecule has 0 saturated carbocycles. The lowest BCUT2D eigenvalue weighted by Gasteiger charge is -2.40. The van der Waals surface area contributed by atoms with Gasteiger partial charge in [-0.1, -0.05) is 0 Å². The van der Waals surface area contributed by atoms with Crippen LogP contribution in [0.1, 0.15) is 12.6 Å². The zero-order valence-corrected chi connectivity index (χ0v) is 13.5. The Morgan fingerprint density at radius 3 is 3.00 bits per heavy atom. The number of rotatable bonds is 2. The van der Waals surface area contributed by atoms with Gasteiger partial charge in [0.1, 0.15) is 17.8 Å². The Kier molecular flexibility index (Phi) is 3.22. The number of hydrogen-bond donors (Lipinski definition) is 1. The molecule has 3 aromatic heterocycles. The summed E-state index contributed by atoms with van der Waals surface area (Å²) >= 11 is 1.73. The Morgan fingerprint density at radius 1 is 1.32 bits per heavy atom. The molecule has 1 atom stereocenters. The lowest BCUT2D eigenvalue weighted by molar-refractivity contribution is 0.547. The van der Waals surface area contributed by atoms with E-state index in [0.29, 0.717) is 6.04 Å². The molecule has 6 nitrogen and oxygen atoms in total. The van der Waals surface area contributed by atoms with Crippen molar-refractivity contribution in [2.45, 2.75) is 19.9 Å². The van der Waals surface area contributed by atoms with E-state index in [1.807, 2.05) is 19.2 Å². The lowest BCUT2D eigenvalue weighted by atomic mass is 10.2. The number of fused-ring (bicyclic) bond motifs is 1. The number of H-pyrrole nitrogens is 1. The third kappa shape index (κ3) is 2.21. The summed E-state index contributed by atoms with van der Waals surface area (Å²) in [5.74, 6) is 1.02. The van der Waals surface area contributed by atoms with Crippen LogP contribution >= 0.6 is 11.3 Å². The molecule has 1 fully saturated rings. The predicted octanol–water partition coefficient (Wildman–Crippen LogP) is 2.44. The monoisotopic (exact) mass is 314 g/mol. The van der Waals surface area contributed by atoms with Crippen LogP contribution in [0.4, 0.5) is 10.9 Å². The quantitative estimate of drug-likeness (QED) is 0.787. The molecular formula is C15H18N6S. The van der Waals surface area contributed by atoms with Crippen molar-refractivity contribution in [1.29, 1.82) is 0 Å². The number of aromatic amines is 1. The molecule has 0 radical (unpaired) electrons. The second-order valence-corrected chi connectivity index (χ2v) is 6.53. The largest absolute Gasteiger partial charge is 0.352 e. The van der Waals surface area contributed by atoms with Gasteiger partial charge in [0.15, 0.2) is 5.13 Å². The average Bonchev–Trinajstić information content (AvgIpc) is 3.15. The number of piperazine rings is 1. The van der Waals surface area contributed by atoms with Gasteiger partial charge in [-0.3, -0.25) is 0 Å². The number of aryl methyl sites for hydroxylation is 1. The third-order valence-corrected chi connectivity index (χ3v) is 5.11. The first-order chi connectivity index (χ1) is 10.7. The molecule has 0 aliphatic carbocycles. The van der Waals surface area contributed by atoms with Crippen molar-refractivity contribution in [3.8, 4) is 0 Å². The molecule has 4 heterocycles. The van der Waals surface area contributed by atoms with Gasteiger partial charge in [-0.2, -0.15) is 0 Å². The van der Waals surface area contributed by atoms with Crippen LogP contribution in [0.5, 0.6) is 0 Å². The Morgan fingerprint density at radius 2 is 2.23 bits per heavy atom. The highest BCUT2D eigenvalue weighted by Crippen LogP contribution is 2.28. The number of hydrogen-bond acceptors (Lipinski definition) is 6. The Bertz CT molecular complexity index is 794. The van der Waals surface area contributed by atoms with Crippen molar-refractivity contribution in [2.24, 2.45) is 0 Å². The SMILES string of the molecule is Cc1csc(N2CCN(c3ncnc4[nH]ccc34)C[C@H]2C)n1. The van der Waals surface area contributed by atoms with E-state index in [-0.39, 0.29) is 0 Å². The smallest absolute Gasteiger partial charge is 0.185 e. The van der Waals surface area contributed by atoms with E-state index in [9.17, 15) is 0 Å². The van der Waals surface area contributed by atoms with E-state index in [2.05, 4.69) is 42.0 Å². The van der Waals surface area contributed by atoms with Crippen LogP contribution in [0, 0.1) is 6.92 Å². The van der Waals surface area contributed by atoms with E-state index >= 15 is 0 Å². The highest BCUT2D eigenvalue weighted by atomic mass is 32.1. The fraction of sp³-hybridized carbons (Fsp3) is 0.400. The highest BCUT2D eigenvalue weighted by molar-refractivity contribution is 7.13. The first kappa shape index (κ1) is 13.5. The zero-order chi connectivity index (χ0) is 15.1. The molecule has 114 valence electrons. The van der Waals surface area contributed by atoms with Gasteiger partial charge in [0.25, 0.3) is 0 Å². The molecule has 1 saturated heterocycles. The standard InChI is InChI=1S/C15H18N6S/c1-10-8-22-15(19-10)21-6-5-20(7-11(21)2)14-12-3-4-16-13(12)17-9-18-14/h3-4,8-9,11H,5-7H2,1-2H3,(H,16,17,18)/t11-/m1/s1. The van der Waals surface area contributed by atoms with Crippen LogP contribution in [0.25, 0.3) is 11.0 Å². The van der Waals surface area contributed by atoms with Crippen molar-refractivity contribution in [2.75, 3.05) is 29.4 Å². The Balaban J connectivity index is 1.59. The van der Waals surface area contributed by atoms with Crippen molar-refractivity contribution < 1.29 is 0 Å². The molecule has 0 amide bonds. The van der Waals surface area contributed by atoms with Gasteiger partial charge in [0.05, 0.1) is 11.1 Å². The van der Waals surface area contributed by atoms with Crippen LogP contribution in [0.3, 0.4) is 0 Å². The fourth-order valence-electron chi connectivity index (χ4n) is 3.02. The maximum absolute atomic E-state index is 4.62. The molecule has 7 heteroatoms. The molecular weight excluding hydrogens is 296 g/mol. The first-order valence-electron chi connectivity index (χ1n) is 7.44. The molecule has 0 bridgehead atoms. The molecule has 1 N–H and O–H groups in total. The van der Waals surface area contributed by atoms with E-state index < -0.39 is 0 Å². The molecule has 3 aromatic rings. The highest BCUT2D eigenvalue weighted by Gasteiger charge is 2.27. The van der Waals surface area contributed by atoms with Crippen LogP contribution in [-0.4, -0.2) is 45.6 Å². The second kappa shape index (κ2) is 5.24. The van der Waals surface area contributed by atoms with Gasteiger partial charge in [0, 0.05) is 37.3 Å². The normalized spacial score (nSPS) is 19.1. The summed E-state index contributed by atoms with van der Waals surface area (Å²) in [6.07, 6.45) is 3.55. The van der Waals surface area contributed by atoms with Crippen LogP contribution in [-0.2, 0) is 0 Å². The van der Waals surface area contributed by atoms with Crippen LogP contribution in [0.15, 0.2) is 24.0 Å². The van der Waals surface area contributed by atoms with Gasteiger partial charge in [-0.05, 0) is 19.9 Å². The topological polar surface area (TPSA) is 60.9 Å². The van der Waals surface area contributed by atoms with Gasteiger partial charge in [0.2, 0.25) is 0 Å². The minimum atomic E-state index is 0.406. The van der Waals surface area contributed by atoms with Crippen molar-refractivity contribution in [1.82, 2.24) is 19.9 Å². The van der Waals surface area contributed by atoms with E-state index in [1.54, 1.807) is 17.7 Å². The summed E-state index contributed by atoms with van der Waals surface area (Å²) in [6.45, 7) is 7.14. The maximum atomic E-state index is 4.62. The maximum Gasteiger partial charge on any atom is 0.185 e. The minimum Gasteiger partial charge on any atom is -0.352 e. The summed E-state index contributed by atoms with van der Waals surface area (Å²) < 4.78 is 0. The van der Waals surface area contributed by atoms with E-state index in [0.717, 1.165) is 47.3 Å².